The van der Waals surface area contributed by atoms with Gasteiger partial charge in [0.2, 0.25) is 5.95 Å². The molecule has 0 saturated carbocycles. The molecular weight excluding hydrogens is 199 g/mol. The lowest BCUT2D eigenvalue weighted by Crippen LogP contribution is -2.18. The van der Waals surface area contributed by atoms with Gasteiger partial charge in [-0.15, -0.1) is 0 Å². The van der Waals surface area contributed by atoms with Crippen molar-refractivity contribution in [2.75, 3.05) is 0 Å². The van der Waals surface area contributed by atoms with Crippen LogP contribution in [0.25, 0.3) is 0 Å². The van der Waals surface area contributed by atoms with Gasteiger partial charge in [0.25, 0.3) is 0 Å². The van der Waals surface area contributed by atoms with Crippen molar-refractivity contribution in [3.63, 3.8) is 0 Å². The van der Waals surface area contributed by atoms with Gasteiger partial charge in [0.1, 0.15) is 6.10 Å². The Morgan fingerprint density at radius 3 is 2.80 bits per heavy atom. The molecule has 0 aliphatic carbocycles. The largest absolute Gasteiger partial charge is 0.389 e. The molecule has 2 unspecified atom stereocenters. The fraction of sp³-hybridized carbons (Fsp3) is 0.400. The zero-order valence-corrected chi connectivity index (χ0v) is 8.18. The summed E-state index contributed by atoms with van der Waals surface area (Å²) in [4.78, 5) is 3.38. The first kappa shape index (κ1) is 11.6. The minimum absolute atomic E-state index is 0.183. The summed E-state index contributed by atoms with van der Waals surface area (Å²) in [5.41, 5.74) is 0.825. The molecule has 1 rings (SSSR count). The van der Waals surface area contributed by atoms with Crippen molar-refractivity contribution in [2.24, 2.45) is 0 Å². The molecule has 1 heterocycles. The molecule has 1 aromatic rings. The second-order valence-corrected chi connectivity index (χ2v) is 3.24. The zero-order valence-electron chi connectivity index (χ0n) is 8.18. The molecule has 0 fully saturated rings. The van der Waals surface area contributed by atoms with E-state index in [1.807, 2.05) is 0 Å². The molecule has 5 heteroatoms. The van der Waals surface area contributed by atoms with Gasteiger partial charge < -0.3 is 10.2 Å². The van der Waals surface area contributed by atoms with Gasteiger partial charge >= 0.3 is 0 Å². The minimum atomic E-state index is -1.21. The second kappa shape index (κ2) is 4.82. The molecule has 0 aliphatic rings. The van der Waals surface area contributed by atoms with E-state index >= 15 is 0 Å². The number of aliphatic hydroxyl groups is 2. The van der Waals surface area contributed by atoms with Gasteiger partial charge in [-0.2, -0.15) is 9.65 Å². The summed E-state index contributed by atoms with van der Waals surface area (Å²) >= 11 is 0. The van der Waals surface area contributed by atoms with Crippen LogP contribution in [0.5, 0.6) is 0 Å². The topological polar surface area (TPSA) is 77.1 Å². The maximum Gasteiger partial charge on any atom is 0.213 e. The third kappa shape index (κ3) is 2.72. The summed E-state index contributed by atoms with van der Waals surface area (Å²) in [6.45, 7) is 1.60. The van der Waals surface area contributed by atoms with Crippen molar-refractivity contribution in [2.45, 2.75) is 25.6 Å². The van der Waals surface area contributed by atoms with Crippen molar-refractivity contribution < 1.29 is 14.6 Å². The van der Waals surface area contributed by atoms with Crippen LogP contribution < -0.4 is 0 Å². The van der Waals surface area contributed by atoms with Gasteiger partial charge in [-0.1, -0.05) is 0 Å². The normalized spacial score (nSPS) is 14.3. The van der Waals surface area contributed by atoms with E-state index in [1.54, 1.807) is 13.0 Å². The van der Waals surface area contributed by atoms with Crippen molar-refractivity contribution >= 4 is 0 Å². The molecule has 0 bridgehead atoms. The lowest BCUT2D eigenvalue weighted by Gasteiger charge is -2.16. The van der Waals surface area contributed by atoms with Crippen LogP contribution in [0, 0.1) is 24.2 Å². The Morgan fingerprint density at radius 2 is 2.27 bits per heavy atom. The zero-order chi connectivity index (χ0) is 11.4. The summed E-state index contributed by atoms with van der Waals surface area (Å²) in [5.74, 6) is -0.641. The Morgan fingerprint density at radius 1 is 1.60 bits per heavy atom. The van der Waals surface area contributed by atoms with Crippen molar-refractivity contribution in [1.82, 2.24) is 4.98 Å². The number of nitriles is 1. The fourth-order valence-corrected chi connectivity index (χ4v) is 1.25. The van der Waals surface area contributed by atoms with Crippen molar-refractivity contribution in [1.29, 1.82) is 5.26 Å². The summed E-state index contributed by atoms with van der Waals surface area (Å²) in [6, 6.07) is 2.91. The van der Waals surface area contributed by atoms with E-state index in [0.29, 0.717) is 11.1 Å². The number of rotatable bonds is 3. The van der Waals surface area contributed by atoms with Crippen LogP contribution >= 0.6 is 0 Å². The molecule has 0 spiro atoms. The lowest BCUT2D eigenvalue weighted by molar-refractivity contribution is 0.0210. The number of aryl methyl sites for hydroxylation is 1. The number of hydrogen-bond donors (Lipinski definition) is 2. The van der Waals surface area contributed by atoms with Gasteiger partial charge in [0.05, 0.1) is 18.6 Å². The third-order valence-electron chi connectivity index (χ3n) is 2.10. The number of pyridine rings is 1. The molecular formula is C10H11FN2O2. The van der Waals surface area contributed by atoms with E-state index in [9.17, 15) is 14.6 Å². The molecule has 0 aromatic carbocycles. The van der Waals surface area contributed by atoms with Crippen LogP contribution in [0.3, 0.4) is 0 Å². The number of halogens is 1. The van der Waals surface area contributed by atoms with E-state index in [1.165, 1.54) is 0 Å². The molecule has 2 N–H and O–H groups in total. The number of nitrogens with zero attached hydrogens (tertiary/aromatic N) is 2. The second-order valence-electron chi connectivity index (χ2n) is 3.24. The molecule has 80 valence electrons. The highest BCUT2D eigenvalue weighted by Crippen LogP contribution is 2.21. The number of aromatic nitrogens is 1. The maximum absolute atomic E-state index is 12.7. The highest BCUT2D eigenvalue weighted by Gasteiger charge is 2.20. The molecule has 0 aliphatic heterocycles. The lowest BCUT2D eigenvalue weighted by atomic mass is 10.0. The fourth-order valence-electron chi connectivity index (χ4n) is 1.25. The van der Waals surface area contributed by atoms with Gasteiger partial charge in [0, 0.05) is 11.8 Å². The van der Waals surface area contributed by atoms with E-state index in [2.05, 4.69) is 4.98 Å². The van der Waals surface area contributed by atoms with E-state index in [-0.39, 0.29) is 6.42 Å². The first-order valence-corrected chi connectivity index (χ1v) is 4.41. The molecule has 2 atom stereocenters. The van der Waals surface area contributed by atoms with E-state index < -0.39 is 18.2 Å². The van der Waals surface area contributed by atoms with Crippen molar-refractivity contribution in [3.05, 3.63) is 29.3 Å². The van der Waals surface area contributed by atoms with Crippen LogP contribution in [0.4, 0.5) is 4.39 Å². The monoisotopic (exact) mass is 210 g/mol. The third-order valence-corrected chi connectivity index (χ3v) is 2.10. The van der Waals surface area contributed by atoms with E-state index in [4.69, 9.17) is 5.26 Å². The molecule has 1 aromatic heterocycles. The predicted molar refractivity (Wildman–Crippen MR) is 50.1 cm³/mol. The van der Waals surface area contributed by atoms with Crippen LogP contribution in [0.15, 0.2) is 12.3 Å². The number of hydrogen-bond acceptors (Lipinski definition) is 4. The summed E-state index contributed by atoms with van der Waals surface area (Å²) < 4.78 is 12.7. The van der Waals surface area contributed by atoms with Gasteiger partial charge in [-0.05, 0) is 18.6 Å². The minimum Gasteiger partial charge on any atom is -0.389 e. The van der Waals surface area contributed by atoms with Gasteiger partial charge in [0.15, 0.2) is 0 Å². The first-order chi connectivity index (χ1) is 7.06. The average molecular weight is 210 g/mol. The molecule has 0 amide bonds. The highest BCUT2D eigenvalue weighted by atomic mass is 19.1. The smallest absolute Gasteiger partial charge is 0.213 e. The summed E-state index contributed by atoms with van der Waals surface area (Å²) in [6.07, 6.45) is -1.41. The highest BCUT2D eigenvalue weighted by molar-refractivity contribution is 5.25. The maximum atomic E-state index is 12.7. The standard InChI is InChI=1S/C10H11FN2O2/c1-6-4-9(11)13-5-7(6)10(15)8(14)2-3-12/h4-5,8,10,14-15H,2H2,1H3. The van der Waals surface area contributed by atoms with E-state index in [0.717, 1.165) is 12.3 Å². The van der Waals surface area contributed by atoms with Crippen LogP contribution in [0.2, 0.25) is 0 Å². The summed E-state index contributed by atoms with van der Waals surface area (Å²) in [5, 5.41) is 27.3. The van der Waals surface area contributed by atoms with Gasteiger partial charge in [-0.3, -0.25) is 0 Å². The van der Waals surface area contributed by atoms with Gasteiger partial charge in [-0.25, -0.2) is 4.98 Å². The average Bonchev–Trinajstić information content (AvgIpc) is 2.17. The quantitative estimate of drug-likeness (QED) is 0.724. The summed E-state index contributed by atoms with van der Waals surface area (Å²) in [7, 11) is 0. The first-order valence-electron chi connectivity index (χ1n) is 4.41. The molecule has 4 nitrogen and oxygen atoms in total. The molecule has 0 radical (unpaired) electrons. The van der Waals surface area contributed by atoms with Crippen LogP contribution in [-0.2, 0) is 0 Å². The Labute approximate surface area is 86.6 Å². The number of aliphatic hydroxyl groups excluding tert-OH is 2. The SMILES string of the molecule is Cc1cc(F)ncc1C(O)C(O)CC#N. The Hall–Kier alpha value is -1.51. The Kier molecular flexibility index (Phi) is 3.72. The Bertz CT molecular complexity index is 389. The molecule has 15 heavy (non-hydrogen) atoms. The molecule has 0 saturated heterocycles. The Balaban J connectivity index is 2.91. The van der Waals surface area contributed by atoms with Crippen LogP contribution in [0.1, 0.15) is 23.7 Å². The van der Waals surface area contributed by atoms with Crippen LogP contribution in [-0.4, -0.2) is 21.3 Å². The predicted octanol–water partition coefficient (Wildman–Crippen LogP) is 0.837. The van der Waals surface area contributed by atoms with Crippen molar-refractivity contribution in [3.8, 4) is 6.07 Å².